The van der Waals surface area contributed by atoms with Gasteiger partial charge < -0.3 is 20.2 Å². The van der Waals surface area contributed by atoms with Crippen molar-refractivity contribution in [3.8, 4) is 0 Å². The van der Waals surface area contributed by atoms with Crippen LogP contribution >= 0.6 is 0 Å². The highest BCUT2D eigenvalue weighted by molar-refractivity contribution is 5.80. The Morgan fingerprint density at radius 3 is 2.36 bits per heavy atom. The zero-order valence-electron chi connectivity index (χ0n) is 21.0. The summed E-state index contributed by atoms with van der Waals surface area (Å²) < 4.78 is 0. The van der Waals surface area contributed by atoms with Gasteiger partial charge in [-0.05, 0) is 104 Å². The first-order chi connectivity index (χ1) is 15.5. The number of aliphatic carboxylic acids is 1. The van der Waals surface area contributed by atoms with E-state index in [1.165, 1.54) is 24.2 Å². The lowest BCUT2D eigenvalue weighted by atomic mass is 9.43. The van der Waals surface area contributed by atoms with E-state index in [0.29, 0.717) is 41.9 Å². The van der Waals surface area contributed by atoms with Crippen LogP contribution in [-0.2, 0) is 9.59 Å². The van der Waals surface area contributed by atoms with E-state index in [2.05, 4.69) is 20.8 Å². The van der Waals surface area contributed by atoms with Gasteiger partial charge in [-0.15, -0.1) is 0 Å². The van der Waals surface area contributed by atoms with Crippen molar-refractivity contribution < 1.29 is 24.9 Å². The van der Waals surface area contributed by atoms with Gasteiger partial charge in [0, 0.05) is 13.5 Å². The molecule has 0 aromatic rings. The van der Waals surface area contributed by atoms with Crippen molar-refractivity contribution >= 4 is 11.9 Å². The minimum atomic E-state index is -0.976. The monoisotopic (exact) mass is 463 g/mol. The summed E-state index contributed by atoms with van der Waals surface area (Å²) in [5, 5.41) is 30.6. The second-order valence-electron chi connectivity index (χ2n) is 12.6. The van der Waals surface area contributed by atoms with Crippen molar-refractivity contribution in [2.75, 3.05) is 13.6 Å². The molecule has 0 aliphatic heterocycles. The number of fused-ring (bicyclic) bond motifs is 5. The minimum absolute atomic E-state index is 0.0891. The molecule has 33 heavy (non-hydrogen) atoms. The first-order valence-electron chi connectivity index (χ1n) is 13.3. The number of carboxylic acid groups (broad SMARTS) is 1. The fourth-order valence-electron chi connectivity index (χ4n) is 9.21. The smallest absolute Gasteiger partial charge is 0.323 e. The van der Waals surface area contributed by atoms with E-state index in [0.717, 1.165) is 38.5 Å². The summed E-state index contributed by atoms with van der Waals surface area (Å²) in [5.41, 5.74) is 0.449. The third kappa shape index (κ3) is 4.35. The summed E-state index contributed by atoms with van der Waals surface area (Å²) in [6.45, 7) is 6.93. The number of likely N-dealkylation sites (N-methyl/N-ethyl adjacent to an activating group) is 1. The third-order valence-electron chi connectivity index (χ3n) is 11.0. The van der Waals surface area contributed by atoms with Crippen molar-refractivity contribution in [2.24, 2.45) is 46.3 Å². The molecule has 4 saturated carbocycles. The summed E-state index contributed by atoms with van der Waals surface area (Å²) in [7, 11) is 1.57. The molecule has 0 radical (unpaired) electrons. The standard InChI is InChI=1S/C27H45NO5/c1-16(5-8-23(31)28(4)15-24(32)33)19-6-7-20-25-21(10-12-27(19,20)3)26(2)11-9-18(29)13-17(26)14-22(25)30/h16-22,25,29-30H,5-15H2,1-4H3,(H,32,33)/t16-,17+,18-,19-,20?,21?,22?,25?,26-,27-/m1/s1. The third-order valence-corrected chi connectivity index (χ3v) is 11.0. The van der Waals surface area contributed by atoms with Crippen molar-refractivity contribution in [2.45, 2.75) is 97.2 Å². The maximum absolute atomic E-state index is 12.4. The van der Waals surface area contributed by atoms with E-state index in [-0.39, 0.29) is 35.5 Å². The largest absolute Gasteiger partial charge is 0.480 e. The molecule has 0 aromatic heterocycles. The SMILES string of the molecule is C[C@H](CCC(=O)N(C)CC(=O)O)[C@H]1CCC2C3C(O)C[C@@H]4C[C@H](O)CC[C@@]4(C)C3CC[C@@]21C. The van der Waals surface area contributed by atoms with Crippen LogP contribution in [0.3, 0.4) is 0 Å². The topological polar surface area (TPSA) is 98.1 Å². The Kier molecular flexibility index (Phi) is 6.92. The van der Waals surface area contributed by atoms with Crippen molar-refractivity contribution in [1.29, 1.82) is 0 Å². The van der Waals surface area contributed by atoms with Gasteiger partial charge in [-0.3, -0.25) is 9.59 Å². The Morgan fingerprint density at radius 1 is 1.00 bits per heavy atom. The van der Waals surface area contributed by atoms with E-state index < -0.39 is 5.97 Å². The second kappa shape index (κ2) is 9.14. The number of aliphatic hydroxyl groups is 2. The van der Waals surface area contributed by atoms with Crippen LogP contribution in [0.15, 0.2) is 0 Å². The van der Waals surface area contributed by atoms with Crippen LogP contribution in [0.5, 0.6) is 0 Å². The summed E-state index contributed by atoms with van der Waals surface area (Å²) in [4.78, 5) is 24.6. The molecule has 188 valence electrons. The number of carbonyl (C=O) groups excluding carboxylic acids is 1. The number of nitrogens with zero attached hydrogens (tertiary/aromatic N) is 1. The first kappa shape index (κ1) is 25.0. The number of carbonyl (C=O) groups is 2. The average Bonchev–Trinajstić information content (AvgIpc) is 3.09. The highest BCUT2D eigenvalue weighted by Crippen LogP contribution is 2.68. The lowest BCUT2D eigenvalue weighted by molar-refractivity contribution is -0.174. The summed E-state index contributed by atoms with van der Waals surface area (Å²) in [5.74, 6) is 1.78. The summed E-state index contributed by atoms with van der Waals surface area (Å²) >= 11 is 0. The number of hydrogen-bond donors (Lipinski definition) is 3. The Hall–Kier alpha value is -1.14. The van der Waals surface area contributed by atoms with E-state index in [1.807, 2.05) is 0 Å². The zero-order chi connectivity index (χ0) is 24.1. The lowest BCUT2D eigenvalue weighted by Crippen LogP contribution is -2.58. The highest BCUT2D eigenvalue weighted by atomic mass is 16.4. The van der Waals surface area contributed by atoms with Gasteiger partial charge in [-0.25, -0.2) is 0 Å². The summed E-state index contributed by atoms with van der Waals surface area (Å²) in [6, 6.07) is 0. The molecule has 0 aromatic carbocycles. The molecule has 3 N–H and O–H groups in total. The van der Waals surface area contributed by atoms with Crippen LogP contribution in [0.25, 0.3) is 0 Å². The molecule has 4 rings (SSSR count). The van der Waals surface area contributed by atoms with Gasteiger partial charge in [-0.2, -0.15) is 0 Å². The van der Waals surface area contributed by atoms with E-state index >= 15 is 0 Å². The van der Waals surface area contributed by atoms with Crippen molar-refractivity contribution in [3.63, 3.8) is 0 Å². The molecule has 1 amide bonds. The molecule has 6 heteroatoms. The van der Waals surface area contributed by atoms with Crippen LogP contribution in [0, 0.1) is 46.3 Å². The first-order valence-corrected chi connectivity index (χ1v) is 13.3. The minimum Gasteiger partial charge on any atom is -0.480 e. The van der Waals surface area contributed by atoms with Crippen molar-refractivity contribution in [3.05, 3.63) is 0 Å². The van der Waals surface area contributed by atoms with Crippen LogP contribution < -0.4 is 0 Å². The molecule has 0 spiro atoms. The molecule has 0 heterocycles. The average molecular weight is 464 g/mol. The highest BCUT2D eigenvalue weighted by Gasteiger charge is 2.62. The second-order valence-corrected chi connectivity index (χ2v) is 12.6. The van der Waals surface area contributed by atoms with Crippen LogP contribution in [0.4, 0.5) is 0 Å². The van der Waals surface area contributed by atoms with Gasteiger partial charge >= 0.3 is 5.97 Å². The lowest BCUT2D eigenvalue weighted by Gasteiger charge is -2.62. The number of carboxylic acids is 1. The Morgan fingerprint density at radius 2 is 1.67 bits per heavy atom. The Labute approximate surface area is 199 Å². The fourth-order valence-corrected chi connectivity index (χ4v) is 9.21. The maximum Gasteiger partial charge on any atom is 0.323 e. The zero-order valence-corrected chi connectivity index (χ0v) is 21.0. The predicted molar refractivity (Wildman–Crippen MR) is 126 cm³/mol. The fraction of sp³-hybridized carbons (Fsp3) is 0.926. The molecule has 10 atom stereocenters. The molecular weight excluding hydrogens is 418 g/mol. The predicted octanol–water partition coefficient (Wildman–Crippen LogP) is 3.94. The van der Waals surface area contributed by atoms with Crippen LogP contribution in [0.1, 0.15) is 85.0 Å². The van der Waals surface area contributed by atoms with Gasteiger partial charge in [0.1, 0.15) is 6.54 Å². The maximum atomic E-state index is 12.4. The van der Waals surface area contributed by atoms with Gasteiger partial charge in [-0.1, -0.05) is 20.8 Å². The van der Waals surface area contributed by atoms with Gasteiger partial charge in [0.15, 0.2) is 0 Å². The van der Waals surface area contributed by atoms with E-state index in [4.69, 9.17) is 5.11 Å². The Bertz CT molecular complexity index is 757. The molecule has 0 saturated heterocycles. The Balaban J connectivity index is 1.44. The number of hydrogen-bond acceptors (Lipinski definition) is 4. The molecule has 4 aliphatic carbocycles. The van der Waals surface area contributed by atoms with Crippen molar-refractivity contribution in [1.82, 2.24) is 4.90 Å². The quantitative estimate of drug-likeness (QED) is 0.554. The molecule has 4 unspecified atom stereocenters. The summed E-state index contributed by atoms with van der Waals surface area (Å²) in [6.07, 6.45) is 9.10. The molecule has 6 nitrogen and oxygen atoms in total. The molecular formula is C27H45NO5. The van der Waals surface area contributed by atoms with Gasteiger partial charge in [0.2, 0.25) is 5.91 Å². The van der Waals surface area contributed by atoms with E-state index in [9.17, 15) is 19.8 Å². The van der Waals surface area contributed by atoms with Crippen LogP contribution in [0.2, 0.25) is 0 Å². The van der Waals surface area contributed by atoms with Gasteiger partial charge in [0.05, 0.1) is 12.2 Å². The number of rotatable bonds is 6. The molecule has 4 fully saturated rings. The molecule has 0 bridgehead atoms. The molecule has 4 aliphatic rings. The number of aliphatic hydroxyl groups excluding tert-OH is 2. The van der Waals surface area contributed by atoms with E-state index in [1.54, 1.807) is 7.05 Å². The number of amides is 1. The van der Waals surface area contributed by atoms with Gasteiger partial charge in [0.25, 0.3) is 0 Å². The van der Waals surface area contributed by atoms with Crippen LogP contribution in [-0.4, -0.2) is 57.9 Å². The normalized spacial score (nSPS) is 45.5.